The van der Waals surface area contributed by atoms with E-state index in [1.807, 2.05) is 6.07 Å². The Labute approximate surface area is 123 Å². The quantitative estimate of drug-likeness (QED) is 0.740. The lowest BCUT2D eigenvalue weighted by Gasteiger charge is -2.28. The fourth-order valence-electron chi connectivity index (χ4n) is 2.05. The molecular weight excluding hydrogens is 266 g/mol. The van der Waals surface area contributed by atoms with E-state index in [0.717, 1.165) is 0 Å². The Morgan fingerprint density at radius 3 is 2.14 bits per heavy atom. The highest BCUT2D eigenvalue weighted by Gasteiger charge is 2.35. The molecule has 2 rings (SSSR count). The fourth-order valence-corrected chi connectivity index (χ4v) is 2.05. The summed E-state index contributed by atoms with van der Waals surface area (Å²) in [5.74, 6) is -1.09. The molecule has 0 aliphatic heterocycles. The van der Waals surface area contributed by atoms with Crippen molar-refractivity contribution in [2.75, 3.05) is 5.73 Å². The van der Waals surface area contributed by atoms with Crippen molar-refractivity contribution in [2.24, 2.45) is 5.73 Å². The molecule has 108 valence electrons. The number of carbonyl (C=O) groups is 2. The Balaban J connectivity index is 2.36. The molecule has 5 heteroatoms. The number of para-hydroxylation sites is 1. The normalized spacial score (nSPS) is 13.2. The average Bonchev–Trinajstić information content (AvgIpc) is 2.48. The number of benzene rings is 2. The second-order valence-electron chi connectivity index (χ2n) is 4.90. The predicted molar refractivity (Wildman–Crippen MR) is 81.3 cm³/mol. The first kappa shape index (κ1) is 14.6. The maximum absolute atomic E-state index is 12.4. The maximum atomic E-state index is 12.4. The minimum Gasteiger partial charge on any atom is -0.398 e. The maximum Gasteiger partial charge on any atom is 0.254 e. The minimum absolute atomic E-state index is 0.306. The topological polar surface area (TPSA) is 98.2 Å². The summed E-state index contributed by atoms with van der Waals surface area (Å²) >= 11 is 0. The monoisotopic (exact) mass is 283 g/mol. The molecule has 2 aromatic rings. The zero-order chi connectivity index (χ0) is 15.5. The summed E-state index contributed by atoms with van der Waals surface area (Å²) in [4.78, 5) is 24.2. The van der Waals surface area contributed by atoms with Crippen molar-refractivity contribution in [1.82, 2.24) is 5.32 Å². The number of nitrogen functional groups attached to an aromatic ring is 1. The van der Waals surface area contributed by atoms with Gasteiger partial charge in [-0.25, -0.2) is 0 Å². The van der Waals surface area contributed by atoms with Crippen LogP contribution in [0.3, 0.4) is 0 Å². The Morgan fingerprint density at radius 2 is 1.57 bits per heavy atom. The molecule has 5 N–H and O–H groups in total. The number of amides is 2. The molecule has 0 aromatic heterocycles. The average molecular weight is 283 g/mol. The SMILES string of the molecule is CC(NC(=O)c1ccccc1N)(C(N)=O)c1ccccc1. The van der Waals surface area contributed by atoms with Gasteiger partial charge in [-0.2, -0.15) is 0 Å². The Morgan fingerprint density at radius 1 is 1.00 bits per heavy atom. The van der Waals surface area contributed by atoms with E-state index in [1.54, 1.807) is 55.5 Å². The summed E-state index contributed by atoms with van der Waals surface area (Å²) in [7, 11) is 0. The number of hydrogen-bond acceptors (Lipinski definition) is 3. The molecule has 0 saturated heterocycles. The number of nitrogens with one attached hydrogen (secondary N) is 1. The lowest BCUT2D eigenvalue weighted by atomic mass is 9.90. The van der Waals surface area contributed by atoms with Crippen LogP contribution in [0.5, 0.6) is 0 Å². The van der Waals surface area contributed by atoms with Crippen LogP contribution in [0, 0.1) is 0 Å². The van der Waals surface area contributed by atoms with Gasteiger partial charge in [-0.3, -0.25) is 9.59 Å². The molecule has 0 radical (unpaired) electrons. The molecule has 0 aliphatic rings. The molecule has 2 amide bonds. The molecular formula is C16H17N3O2. The van der Waals surface area contributed by atoms with Crippen LogP contribution >= 0.6 is 0 Å². The summed E-state index contributed by atoms with van der Waals surface area (Å²) in [6.07, 6.45) is 0. The number of nitrogens with two attached hydrogens (primary N) is 2. The molecule has 0 spiro atoms. The summed E-state index contributed by atoms with van der Waals surface area (Å²) in [6, 6.07) is 15.5. The van der Waals surface area contributed by atoms with Crippen LogP contribution in [-0.2, 0) is 10.3 Å². The van der Waals surface area contributed by atoms with Crippen molar-refractivity contribution in [3.8, 4) is 0 Å². The molecule has 0 aliphatic carbocycles. The first-order valence-electron chi connectivity index (χ1n) is 6.47. The zero-order valence-electron chi connectivity index (χ0n) is 11.7. The van der Waals surface area contributed by atoms with Crippen molar-refractivity contribution in [3.05, 3.63) is 65.7 Å². The van der Waals surface area contributed by atoms with Crippen LogP contribution < -0.4 is 16.8 Å². The second-order valence-corrected chi connectivity index (χ2v) is 4.90. The summed E-state index contributed by atoms with van der Waals surface area (Å²) in [5, 5.41) is 2.67. The van der Waals surface area contributed by atoms with Crippen molar-refractivity contribution < 1.29 is 9.59 Å². The van der Waals surface area contributed by atoms with Gasteiger partial charge in [0.2, 0.25) is 5.91 Å². The number of rotatable bonds is 4. The highest BCUT2D eigenvalue weighted by Crippen LogP contribution is 2.22. The van der Waals surface area contributed by atoms with Gasteiger partial charge in [0.25, 0.3) is 5.91 Å². The van der Waals surface area contributed by atoms with Crippen LogP contribution in [0.25, 0.3) is 0 Å². The highest BCUT2D eigenvalue weighted by molar-refractivity contribution is 6.02. The van der Waals surface area contributed by atoms with E-state index in [0.29, 0.717) is 16.8 Å². The zero-order valence-corrected chi connectivity index (χ0v) is 11.7. The van der Waals surface area contributed by atoms with Crippen LogP contribution in [0.15, 0.2) is 54.6 Å². The van der Waals surface area contributed by atoms with Gasteiger partial charge in [0.1, 0.15) is 5.54 Å². The van der Waals surface area contributed by atoms with Crippen LogP contribution in [0.1, 0.15) is 22.8 Å². The van der Waals surface area contributed by atoms with E-state index in [1.165, 1.54) is 0 Å². The number of carbonyl (C=O) groups excluding carboxylic acids is 2. The largest absolute Gasteiger partial charge is 0.398 e. The smallest absolute Gasteiger partial charge is 0.254 e. The van der Waals surface area contributed by atoms with Gasteiger partial charge >= 0.3 is 0 Å². The third-order valence-corrected chi connectivity index (χ3v) is 3.41. The third-order valence-electron chi connectivity index (χ3n) is 3.41. The minimum atomic E-state index is -1.30. The van der Waals surface area contributed by atoms with Crippen LogP contribution in [0.4, 0.5) is 5.69 Å². The Hall–Kier alpha value is -2.82. The summed E-state index contributed by atoms with van der Waals surface area (Å²) in [6.45, 7) is 1.57. The van der Waals surface area contributed by atoms with Crippen molar-refractivity contribution in [1.29, 1.82) is 0 Å². The van der Waals surface area contributed by atoms with Crippen molar-refractivity contribution in [2.45, 2.75) is 12.5 Å². The molecule has 0 saturated carbocycles. The fraction of sp³-hybridized carbons (Fsp3) is 0.125. The lowest BCUT2D eigenvalue weighted by Crippen LogP contribution is -2.52. The van der Waals surface area contributed by atoms with Crippen LogP contribution in [-0.4, -0.2) is 11.8 Å². The lowest BCUT2D eigenvalue weighted by molar-refractivity contribution is -0.123. The van der Waals surface area contributed by atoms with E-state index in [4.69, 9.17) is 11.5 Å². The van der Waals surface area contributed by atoms with Crippen LogP contribution in [0.2, 0.25) is 0 Å². The van der Waals surface area contributed by atoms with E-state index in [-0.39, 0.29) is 0 Å². The molecule has 1 unspecified atom stereocenters. The van der Waals surface area contributed by atoms with Gasteiger partial charge < -0.3 is 16.8 Å². The van der Waals surface area contributed by atoms with E-state index < -0.39 is 17.4 Å². The molecule has 1 atom stereocenters. The van der Waals surface area contributed by atoms with Crippen molar-refractivity contribution >= 4 is 17.5 Å². The molecule has 0 heterocycles. The van der Waals surface area contributed by atoms with E-state index in [9.17, 15) is 9.59 Å². The Kier molecular flexibility index (Phi) is 3.93. The summed E-state index contributed by atoms with van der Waals surface area (Å²) in [5.41, 5.74) is 11.2. The van der Waals surface area contributed by atoms with Gasteiger partial charge in [-0.05, 0) is 24.6 Å². The highest BCUT2D eigenvalue weighted by atomic mass is 16.2. The second kappa shape index (κ2) is 5.66. The van der Waals surface area contributed by atoms with Gasteiger partial charge in [-0.15, -0.1) is 0 Å². The third kappa shape index (κ3) is 2.86. The number of hydrogen-bond donors (Lipinski definition) is 3. The number of anilines is 1. The predicted octanol–water partition coefficient (Wildman–Crippen LogP) is 1.40. The van der Waals surface area contributed by atoms with Gasteiger partial charge in [-0.1, -0.05) is 42.5 Å². The summed E-state index contributed by atoms with van der Waals surface area (Å²) < 4.78 is 0. The molecule has 21 heavy (non-hydrogen) atoms. The standard InChI is InChI=1S/C16H17N3O2/c1-16(15(18)21,11-7-3-2-4-8-11)19-14(20)12-9-5-6-10-13(12)17/h2-10H,17H2,1H3,(H2,18,21)(H,19,20). The first-order valence-corrected chi connectivity index (χ1v) is 6.47. The van der Waals surface area contributed by atoms with Gasteiger partial charge in [0, 0.05) is 5.69 Å². The number of primary amides is 1. The van der Waals surface area contributed by atoms with E-state index in [2.05, 4.69) is 5.32 Å². The van der Waals surface area contributed by atoms with Gasteiger partial charge in [0.15, 0.2) is 0 Å². The molecule has 5 nitrogen and oxygen atoms in total. The molecule has 0 fully saturated rings. The van der Waals surface area contributed by atoms with E-state index >= 15 is 0 Å². The Bertz CT molecular complexity index is 670. The first-order chi connectivity index (χ1) is 9.95. The molecule has 2 aromatic carbocycles. The van der Waals surface area contributed by atoms with Crippen molar-refractivity contribution in [3.63, 3.8) is 0 Å². The van der Waals surface area contributed by atoms with Gasteiger partial charge in [0.05, 0.1) is 5.56 Å². The molecule has 0 bridgehead atoms.